The van der Waals surface area contributed by atoms with Crippen molar-refractivity contribution in [2.45, 2.75) is 45.6 Å². The summed E-state index contributed by atoms with van der Waals surface area (Å²) in [6.45, 7) is 7.33. The van der Waals surface area contributed by atoms with E-state index in [-0.39, 0.29) is 11.9 Å². The number of aromatic nitrogens is 1. The number of hydrogen-bond donors (Lipinski definition) is 2. The van der Waals surface area contributed by atoms with Crippen LogP contribution in [0.1, 0.15) is 49.2 Å². The smallest absolute Gasteiger partial charge is 0.251 e. The zero-order chi connectivity index (χ0) is 15.2. The predicted octanol–water partition coefficient (Wildman–Crippen LogP) is 1.83. The molecule has 0 saturated carbocycles. The number of nitrogens with zero attached hydrogens (tertiary/aromatic N) is 2. The average Bonchev–Trinajstić information content (AvgIpc) is 2.91. The van der Waals surface area contributed by atoms with E-state index in [0.29, 0.717) is 11.4 Å². The number of hydrogen-bond acceptors (Lipinski definition) is 4. The van der Waals surface area contributed by atoms with E-state index < -0.39 is 0 Å². The van der Waals surface area contributed by atoms with Crippen LogP contribution in [0.25, 0.3) is 0 Å². The molecule has 0 radical (unpaired) electrons. The van der Waals surface area contributed by atoms with Crippen molar-refractivity contribution in [1.29, 1.82) is 0 Å². The molecule has 1 fully saturated rings. The number of rotatable bonds is 6. The lowest BCUT2D eigenvalue weighted by Crippen LogP contribution is -2.41. The summed E-state index contributed by atoms with van der Waals surface area (Å²) >= 11 is 0. The third-order valence-corrected chi connectivity index (χ3v) is 3.77. The predicted molar refractivity (Wildman–Crippen MR) is 85.2 cm³/mol. The van der Waals surface area contributed by atoms with Gasteiger partial charge in [-0.2, -0.15) is 0 Å². The van der Waals surface area contributed by atoms with Crippen LogP contribution in [0, 0.1) is 0 Å². The van der Waals surface area contributed by atoms with Crippen LogP contribution in [0.4, 0.5) is 5.82 Å². The first-order valence-electron chi connectivity index (χ1n) is 7.88. The van der Waals surface area contributed by atoms with Gasteiger partial charge in [0.1, 0.15) is 5.82 Å². The minimum absolute atomic E-state index is 0.0619. The molecule has 0 aliphatic carbocycles. The van der Waals surface area contributed by atoms with Gasteiger partial charge in [-0.05, 0) is 51.4 Å². The lowest BCUT2D eigenvalue weighted by molar-refractivity contribution is 0.0931. The highest BCUT2D eigenvalue weighted by molar-refractivity contribution is 5.95. The lowest BCUT2D eigenvalue weighted by atomic mass is 10.1. The van der Waals surface area contributed by atoms with Crippen LogP contribution >= 0.6 is 0 Å². The van der Waals surface area contributed by atoms with Crippen molar-refractivity contribution in [1.82, 2.24) is 15.2 Å². The number of pyridine rings is 1. The summed E-state index contributed by atoms with van der Waals surface area (Å²) in [6, 6.07) is 3.63. The first kappa shape index (κ1) is 15.8. The first-order chi connectivity index (χ1) is 10.1. The Labute approximate surface area is 126 Å². The Morgan fingerprint density at radius 2 is 2.14 bits per heavy atom. The van der Waals surface area contributed by atoms with E-state index in [2.05, 4.69) is 22.1 Å². The zero-order valence-corrected chi connectivity index (χ0v) is 13.1. The SMILES string of the molecule is CCCc1cc(C(=O)NC(C)CN2CCCC2)cc(N)n1. The molecule has 0 bridgehead atoms. The van der Waals surface area contributed by atoms with Crippen LogP contribution in [0.15, 0.2) is 12.1 Å². The normalized spacial score (nSPS) is 16.9. The molecule has 2 heterocycles. The van der Waals surface area contributed by atoms with Gasteiger partial charge in [0, 0.05) is 23.8 Å². The van der Waals surface area contributed by atoms with Gasteiger partial charge in [-0.25, -0.2) is 4.98 Å². The first-order valence-corrected chi connectivity index (χ1v) is 7.88. The molecule has 21 heavy (non-hydrogen) atoms. The molecule has 1 aliphatic rings. The van der Waals surface area contributed by atoms with E-state index in [0.717, 1.165) is 38.2 Å². The van der Waals surface area contributed by atoms with Crippen LogP contribution in [0.2, 0.25) is 0 Å². The Morgan fingerprint density at radius 3 is 2.81 bits per heavy atom. The van der Waals surface area contributed by atoms with Crippen LogP contribution in [-0.4, -0.2) is 41.5 Å². The fourth-order valence-electron chi connectivity index (χ4n) is 2.83. The highest BCUT2D eigenvalue weighted by atomic mass is 16.1. The van der Waals surface area contributed by atoms with Crippen molar-refractivity contribution in [3.8, 4) is 0 Å². The number of anilines is 1. The molecular formula is C16H26N4O. The monoisotopic (exact) mass is 290 g/mol. The lowest BCUT2D eigenvalue weighted by Gasteiger charge is -2.21. The topological polar surface area (TPSA) is 71.2 Å². The van der Waals surface area contributed by atoms with Crippen LogP contribution in [0.3, 0.4) is 0 Å². The molecule has 5 heteroatoms. The van der Waals surface area contributed by atoms with Crippen molar-refractivity contribution < 1.29 is 4.79 Å². The van der Waals surface area contributed by atoms with Gasteiger partial charge in [-0.15, -0.1) is 0 Å². The molecule has 3 N–H and O–H groups in total. The van der Waals surface area contributed by atoms with Gasteiger partial charge in [0.15, 0.2) is 0 Å². The second kappa shape index (κ2) is 7.41. The molecular weight excluding hydrogens is 264 g/mol. The van der Waals surface area contributed by atoms with Crippen molar-refractivity contribution >= 4 is 11.7 Å². The highest BCUT2D eigenvalue weighted by Crippen LogP contribution is 2.11. The molecule has 1 atom stereocenters. The standard InChI is InChI=1S/C16H26N4O/c1-3-6-14-9-13(10-15(17)19-14)16(21)18-12(2)11-20-7-4-5-8-20/h9-10,12H,3-8,11H2,1-2H3,(H2,17,19)(H,18,21). The molecule has 1 amide bonds. The molecule has 1 unspecified atom stereocenters. The zero-order valence-electron chi connectivity index (χ0n) is 13.1. The number of carbonyl (C=O) groups excluding carboxylic acids is 1. The summed E-state index contributed by atoms with van der Waals surface area (Å²) in [7, 11) is 0. The summed E-state index contributed by atoms with van der Waals surface area (Å²) in [5.74, 6) is 0.353. The van der Waals surface area contributed by atoms with Gasteiger partial charge in [0.2, 0.25) is 0 Å². The van der Waals surface area contributed by atoms with Crippen molar-refractivity contribution in [3.05, 3.63) is 23.4 Å². The number of nitrogens with one attached hydrogen (secondary N) is 1. The minimum Gasteiger partial charge on any atom is -0.384 e. The number of nitrogen functional groups attached to an aromatic ring is 1. The van der Waals surface area contributed by atoms with Crippen molar-refractivity contribution in [3.63, 3.8) is 0 Å². The van der Waals surface area contributed by atoms with Gasteiger partial charge in [-0.3, -0.25) is 4.79 Å². The third kappa shape index (κ3) is 4.70. The summed E-state index contributed by atoms with van der Waals surface area (Å²) in [5.41, 5.74) is 7.29. The molecule has 5 nitrogen and oxygen atoms in total. The molecule has 1 aromatic rings. The van der Waals surface area contributed by atoms with Crippen LogP contribution < -0.4 is 11.1 Å². The highest BCUT2D eigenvalue weighted by Gasteiger charge is 2.17. The number of likely N-dealkylation sites (tertiary alicyclic amines) is 1. The Morgan fingerprint density at radius 1 is 1.43 bits per heavy atom. The number of aryl methyl sites for hydroxylation is 1. The molecule has 1 aliphatic heterocycles. The number of carbonyl (C=O) groups is 1. The molecule has 1 saturated heterocycles. The average molecular weight is 290 g/mol. The number of amides is 1. The van der Waals surface area contributed by atoms with E-state index in [4.69, 9.17) is 5.73 Å². The summed E-state index contributed by atoms with van der Waals surface area (Å²) < 4.78 is 0. The molecule has 1 aromatic heterocycles. The Kier molecular flexibility index (Phi) is 5.56. The van der Waals surface area contributed by atoms with Gasteiger partial charge >= 0.3 is 0 Å². The van der Waals surface area contributed by atoms with Crippen LogP contribution in [0.5, 0.6) is 0 Å². The van der Waals surface area contributed by atoms with E-state index in [1.165, 1.54) is 12.8 Å². The largest absolute Gasteiger partial charge is 0.384 e. The Hall–Kier alpha value is -1.62. The molecule has 0 spiro atoms. The maximum Gasteiger partial charge on any atom is 0.251 e. The molecule has 0 aromatic carbocycles. The van der Waals surface area contributed by atoms with Crippen molar-refractivity contribution in [2.75, 3.05) is 25.4 Å². The van der Waals surface area contributed by atoms with Gasteiger partial charge in [0.05, 0.1) is 0 Å². The van der Waals surface area contributed by atoms with E-state index >= 15 is 0 Å². The van der Waals surface area contributed by atoms with E-state index in [1.54, 1.807) is 6.07 Å². The maximum absolute atomic E-state index is 12.3. The molecule has 2 rings (SSSR count). The third-order valence-electron chi connectivity index (χ3n) is 3.77. The Balaban J connectivity index is 1.95. The minimum atomic E-state index is -0.0619. The fraction of sp³-hybridized carbons (Fsp3) is 0.625. The fourth-order valence-corrected chi connectivity index (χ4v) is 2.83. The Bertz CT molecular complexity index is 483. The second-order valence-corrected chi connectivity index (χ2v) is 5.90. The maximum atomic E-state index is 12.3. The number of nitrogens with two attached hydrogens (primary N) is 1. The summed E-state index contributed by atoms with van der Waals surface area (Å²) in [6.07, 6.45) is 4.36. The van der Waals surface area contributed by atoms with Gasteiger partial charge in [-0.1, -0.05) is 13.3 Å². The van der Waals surface area contributed by atoms with Crippen LogP contribution in [-0.2, 0) is 6.42 Å². The summed E-state index contributed by atoms with van der Waals surface area (Å²) in [5, 5.41) is 3.06. The second-order valence-electron chi connectivity index (χ2n) is 5.90. The van der Waals surface area contributed by atoms with Crippen molar-refractivity contribution in [2.24, 2.45) is 0 Å². The van der Waals surface area contributed by atoms with E-state index in [1.807, 2.05) is 13.0 Å². The quantitative estimate of drug-likeness (QED) is 0.838. The van der Waals surface area contributed by atoms with E-state index in [9.17, 15) is 4.79 Å². The molecule has 116 valence electrons. The van der Waals surface area contributed by atoms with Gasteiger partial charge in [0.25, 0.3) is 5.91 Å². The summed E-state index contributed by atoms with van der Waals surface area (Å²) in [4.78, 5) is 19.0. The van der Waals surface area contributed by atoms with Gasteiger partial charge < -0.3 is 16.0 Å².